The van der Waals surface area contributed by atoms with Crippen LogP contribution in [0.5, 0.6) is 0 Å². The Morgan fingerprint density at radius 1 is 0.929 bits per heavy atom. The van der Waals surface area contributed by atoms with E-state index < -0.39 is 11.2 Å². The van der Waals surface area contributed by atoms with Crippen molar-refractivity contribution in [1.82, 2.24) is 4.98 Å². The topological polar surface area (TPSA) is 55.5 Å². The molecular formula is C23H24BNO3. The van der Waals surface area contributed by atoms with Crippen molar-refractivity contribution in [2.75, 3.05) is 0 Å². The first-order valence-electron chi connectivity index (χ1n) is 9.48. The van der Waals surface area contributed by atoms with Gasteiger partial charge in [-0.3, -0.25) is 0 Å². The van der Waals surface area contributed by atoms with Gasteiger partial charge in [0.05, 0.1) is 11.2 Å². The van der Waals surface area contributed by atoms with Gasteiger partial charge in [0.1, 0.15) is 5.52 Å². The molecule has 4 aromatic rings. The smallest absolute Gasteiger partial charge is 0.309 e. The van der Waals surface area contributed by atoms with Crippen molar-refractivity contribution in [3.63, 3.8) is 0 Å². The summed E-state index contributed by atoms with van der Waals surface area (Å²) in [5.74, 6) is 0.606. The maximum Gasteiger partial charge on any atom is 0.309 e. The minimum Gasteiger partial charge on any atom is -0.436 e. The zero-order valence-electron chi connectivity index (χ0n) is 16.7. The molecule has 4 rings (SSSR count). The number of benzene rings is 3. The van der Waals surface area contributed by atoms with Gasteiger partial charge in [-0.2, -0.15) is 0 Å². The highest BCUT2D eigenvalue weighted by molar-refractivity contribution is 6.47. The molecule has 1 N–H and O–H groups in total. The van der Waals surface area contributed by atoms with Crippen molar-refractivity contribution in [2.24, 2.45) is 0 Å². The van der Waals surface area contributed by atoms with E-state index >= 15 is 0 Å². The highest BCUT2D eigenvalue weighted by Crippen LogP contribution is 2.28. The molecule has 1 aromatic heterocycles. The fraction of sp³-hybridized carbons (Fsp3) is 0.261. The van der Waals surface area contributed by atoms with Crippen molar-refractivity contribution < 1.29 is 14.2 Å². The van der Waals surface area contributed by atoms with E-state index in [1.807, 2.05) is 56.3 Å². The molecule has 0 fully saturated rings. The van der Waals surface area contributed by atoms with Crippen molar-refractivity contribution in [3.8, 4) is 11.5 Å². The van der Waals surface area contributed by atoms with Crippen LogP contribution in [0.4, 0.5) is 0 Å². The third-order valence-corrected chi connectivity index (χ3v) is 5.53. The van der Waals surface area contributed by atoms with Crippen LogP contribution in [0.15, 0.2) is 65.1 Å². The minimum absolute atomic E-state index is 0.427. The fourth-order valence-corrected chi connectivity index (χ4v) is 2.92. The average molecular weight is 373 g/mol. The summed E-state index contributed by atoms with van der Waals surface area (Å²) in [6.45, 7) is 7.30. The van der Waals surface area contributed by atoms with Gasteiger partial charge in [0.25, 0.3) is 0 Å². The summed E-state index contributed by atoms with van der Waals surface area (Å²) < 4.78 is 11.9. The summed E-state index contributed by atoms with van der Waals surface area (Å²) in [4.78, 5) is 4.65. The molecule has 3 aromatic carbocycles. The SMILES string of the molecule is CC(C)(O)C(C)(C)OBc1ccc(-c2nc3cc4ccccc4cc3o2)cc1. The molecule has 28 heavy (non-hydrogen) atoms. The zero-order valence-corrected chi connectivity index (χ0v) is 16.7. The number of oxazole rings is 1. The number of hydrogen-bond acceptors (Lipinski definition) is 4. The Hall–Kier alpha value is -2.63. The van der Waals surface area contributed by atoms with Gasteiger partial charge < -0.3 is 14.2 Å². The molecule has 0 unspecified atom stereocenters. The summed E-state index contributed by atoms with van der Waals surface area (Å²) in [6, 6.07) is 20.2. The van der Waals surface area contributed by atoms with Gasteiger partial charge in [-0.05, 0) is 62.7 Å². The Balaban J connectivity index is 1.56. The summed E-state index contributed by atoms with van der Waals surface area (Å²) >= 11 is 0. The maximum absolute atomic E-state index is 10.2. The van der Waals surface area contributed by atoms with Crippen LogP contribution in [0, 0.1) is 0 Å². The lowest BCUT2D eigenvalue weighted by molar-refractivity contribution is -0.0893. The van der Waals surface area contributed by atoms with Crippen molar-refractivity contribution >= 4 is 34.8 Å². The molecule has 0 saturated carbocycles. The second kappa shape index (κ2) is 6.76. The van der Waals surface area contributed by atoms with Gasteiger partial charge in [-0.15, -0.1) is 0 Å². The Bertz CT molecular complexity index is 1070. The lowest BCUT2D eigenvalue weighted by atomic mass is 9.82. The van der Waals surface area contributed by atoms with Crippen LogP contribution in [0.2, 0.25) is 0 Å². The number of fused-ring (bicyclic) bond motifs is 2. The normalized spacial score (nSPS) is 12.6. The third-order valence-electron chi connectivity index (χ3n) is 5.53. The number of hydrogen-bond donors (Lipinski definition) is 1. The Labute approximate surface area is 165 Å². The van der Waals surface area contributed by atoms with Crippen LogP contribution < -0.4 is 5.46 Å². The van der Waals surface area contributed by atoms with Crippen molar-refractivity contribution in [3.05, 3.63) is 60.7 Å². The van der Waals surface area contributed by atoms with Gasteiger partial charge in [0.2, 0.25) is 5.89 Å². The van der Waals surface area contributed by atoms with E-state index in [4.69, 9.17) is 9.07 Å². The Morgan fingerprint density at radius 3 is 2.21 bits per heavy atom. The van der Waals surface area contributed by atoms with Crippen LogP contribution in [0.25, 0.3) is 33.3 Å². The lowest BCUT2D eigenvalue weighted by Crippen LogP contribution is -2.49. The van der Waals surface area contributed by atoms with E-state index in [0.717, 1.165) is 32.9 Å². The second-order valence-corrected chi connectivity index (χ2v) is 8.24. The maximum atomic E-state index is 10.2. The molecule has 0 amide bonds. The summed E-state index contributed by atoms with van der Waals surface area (Å²) in [7, 11) is 0.427. The Morgan fingerprint density at radius 2 is 1.57 bits per heavy atom. The van der Waals surface area contributed by atoms with Gasteiger partial charge in [0.15, 0.2) is 5.58 Å². The molecule has 0 spiro atoms. The third kappa shape index (κ3) is 3.55. The van der Waals surface area contributed by atoms with E-state index in [9.17, 15) is 5.11 Å². The van der Waals surface area contributed by atoms with Gasteiger partial charge in [-0.1, -0.05) is 41.9 Å². The number of rotatable bonds is 5. The monoisotopic (exact) mass is 373 g/mol. The molecule has 0 radical (unpaired) electrons. The van der Waals surface area contributed by atoms with Gasteiger partial charge in [0, 0.05) is 5.56 Å². The number of aromatic nitrogens is 1. The molecular weight excluding hydrogens is 349 g/mol. The standard InChI is InChI=1S/C23H24BNO3/c1-22(2,26)23(3,4)28-24-18-11-9-15(10-12-18)21-25-19-13-16-7-5-6-8-17(16)14-20(19)27-21/h5-14,24,26H,1-4H3. The molecule has 142 valence electrons. The predicted octanol–water partition coefficient (Wildman–Crippen LogP) is 4.19. The first-order valence-corrected chi connectivity index (χ1v) is 9.48. The molecule has 4 nitrogen and oxygen atoms in total. The van der Waals surface area contributed by atoms with Gasteiger partial charge in [-0.25, -0.2) is 4.98 Å². The van der Waals surface area contributed by atoms with Crippen LogP contribution in [-0.2, 0) is 4.65 Å². The van der Waals surface area contributed by atoms with Crippen LogP contribution in [-0.4, -0.2) is 28.8 Å². The second-order valence-electron chi connectivity index (χ2n) is 8.24. The number of aliphatic hydroxyl groups is 1. The van der Waals surface area contributed by atoms with E-state index in [1.165, 1.54) is 0 Å². The van der Waals surface area contributed by atoms with Crippen LogP contribution >= 0.6 is 0 Å². The van der Waals surface area contributed by atoms with E-state index in [1.54, 1.807) is 13.8 Å². The molecule has 0 saturated heterocycles. The molecule has 5 heteroatoms. The lowest BCUT2D eigenvalue weighted by Gasteiger charge is -2.37. The minimum atomic E-state index is -0.922. The van der Waals surface area contributed by atoms with Crippen molar-refractivity contribution in [1.29, 1.82) is 0 Å². The van der Waals surface area contributed by atoms with E-state index in [0.29, 0.717) is 13.4 Å². The summed E-state index contributed by atoms with van der Waals surface area (Å²) in [5.41, 5.74) is 2.03. The zero-order chi connectivity index (χ0) is 19.9. The largest absolute Gasteiger partial charge is 0.436 e. The summed E-state index contributed by atoms with van der Waals surface area (Å²) in [5, 5.41) is 12.5. The molecule has 0 aliphatic heterocycles. The number of nitrogens with zero attached hydrogens (tertiary/aromatic N) is 1. The predicted molar refractivity (Wildman–Crippen MR) is 115 cm³/mol. The fourth-order valence-electron chi connectivity index (χ4n) is 2.92. The molecule has 0 bridgehead atoms. The van der Waals surface area contributed by atoms with Gasteiger partial charge >= 0.3 is 7.48 Å². The van der Waals surface area contributed by atoms with Crippen LogP contribution in [0.1, 0.15) is 27.7 Å². The van der Waals surface area contributed by atoms with E-state index in [2.05, 4.69) is 23.2 Å². The van der Waals surface area contributed by atoms with Crippen LogP contribution in [0.3, 0.4) is 0 Å². The quantitative estimate of drug-likeness (QED) is 0.533. The first kappa shape index (κ1) is 18.7. The average Bonchev–Trinajstić information content (AvgIpc) is 3.07. The highest BCUT2D eigenvalue weighted by atomic mass is 16.5. The summed E-state index contributed by atoms with van der Waals surface area (Å²) in [6.07, 6.45) is 0. The van der Waals surface area contributed by atoms with E-state index in [-0.39, 0.29) is 0 Å². The van der Waals surface area contributed by atoms with Crippen molar-refractivity contribution in [2.45, 2.75) is 38.9 Å². The highest BCUT2D eigenvalue weighted by Gasteiger charge is 2.35. The molecule has 1 heterocycles. The first-order chi connectivity index (χ1) is 13.2. The Kier molecular flexibility index (Phi) is 4.52. The molecule has 0 aliphatic rings. The molecule has 0 atom stereocenters. The molecule has 0 aliphatic carbocycles.